The van der Waals surface area contributed by atoms with Gasteiger partial charge in [0.05, 0.1) is 43.8 Å². The normalized spacial score (nSPS) is 25.3. The van der Waals surface area contributed by atoms with E-state index in [4.69, 9.17) is 11.5 Å². The number of imidazole rings is 1. The number of nitrogens with one attached hydrogen (secondary N) is 12. The molecule has 130 heavy (non-hydrogen) atoms. The number of amides is 15. The summed E-state index contributed by atoms with van der Waals surface area (Å²) >= 11 is 0.798. The number of fused-ring (bicyclic) bond motifs is 4. The number of aliphatic carboxylic acids is 1. The molecule has 0 spiro atoms. The van der Waals surface area contributed by atoms with Gasteiger partial charge in [-0.15, -0.1) is 11.8 Å². The van der Waals surface area contributed by atoms with Crippen molar-refractivity contribution in [2.45, 2.75) is 221 Å². The minimum Gasteiger partial charge on any atom is -0.508 e. The number of phenols is 1. The minimum absolute atomic E-state index is 0.0114. The zero-order chi connectivity index (χ0) is 94.7. The molecule has 6 aromatic rings. The number of thioether (sulfide) groups is 1. The van der Waals surface area contributed by atoms with Crippen LogP contribution >= 0.6 is 11.8 Å². The van der Waals surface area contributed by atoms with Crippen LogP contribution in [0.4, 0.5) is 0 Å². The molecule has 704 valence electrons. The first-order valence-electron chi connectivity index (χ1n) is 43.6. The van der Waals surface area contributed by atoms with Crippen LogP contribution in [0.15, 0.2) is 97.7 Å². The van der Waals surface area contributed by atoms with Crippen LogP contribution in [0, 0.1) is 5.92 Å². The predicted octanol–water partition coefficient (Wildman–Crippen LogP) is -1.79. The van der Waals surface area contributed by atoms with E-state index in [1.54, 1.807) is 60.9 Å². The van der Waals surface area contributed by atoms with Crippen molar-refractivity contribution in [2.75, 3.05) is 65.4 Å². The number of rotatable bonds is 23. The highest BCUT2D eigenvalue weighted by atomic mass is 32.2. The summed E-state index contributed by atoms with van der Waals surface area (Å²) in [6.45, 7) is 3.94. The molecule has 3 aliphatic rings. The number of unbranched alkanes of at least 4 members (excludes halogenated alkanes) is 2. The second kappa shape index (κ2) is 48.0. The molecule has 42 heteroatoms. The number of H-pyrrole nitrogens is 3. The van der Waals surface area contributed by atoms with Crippen LogP contribution in [0.5, 0.6) is 5.75 Å². The van der Waals surface area contributed by atoms with Crippen LogP contribution in [-0.4, -0.2) is 315 Å². The Bertz CT molecular complexity index is 5030. The number of aliphatic hydroxyl groups is 2. The summed E-state index contributed by atoms with van der Waals surface area (Å²) in [5.74, 6) is -18.8. The number of nitrogens with zero attached hydrogens (tertiary/aromatic N) is 6. The molecule has 0 aliphatic carbocycles. The number of Topliss-reactive ketones (excluding diaryl/α,β-unsaturated/α-hetero) is 1. The van der Waals surface area contributed by atoms with Crippen molar-refractivity contribution in [3.8, 4) is 5.75 Å². The Morgan fingerprint density at radius 1 is 0.577 bits per heavy atom. The standard InChI is InChI=1S/C88H120N20O21S/c1-8-10-23-68-82(123)96-48(3)76(117)103-67(79(120)94-42-73(90)113)45-130-46-74(114)97-63(32-50-26-28-55(110)29-27-50)84(125)104(5)49(4)77(118)98-61(22-16-30-89)86(127)107-31-17-25-69(107)83(124)99-62(36-54-41-91-47-95-54)80(121)101-65(38-75(115)116)87(128)108-43-56(111)37-71(108)72(112)35-51(33-52-39-92-59-20-14-12-18-57(52)59)78(119)102-66(44-109)81(122)100-64(34-53-40-93-60-21-15-13-19-58(53)60)85(126)106(7)70(24-11-9-2)88(129)105(68)6/h12-15,18-21,26-29,39-41,47-49,51,56,61-71,92-93,109-111H,8-11,16-17,22-25,30-38,42-46,89H2,1-7H3,(H2,90,113)(H,91,95)(H,94,120)(H,96,123)(H,97,114)(H,98,118)(H,99,124)(H,100,122)(H,101,121)(H,102,119)(H,103,117)(H,115,116)/t48-,49-,51+,56+,61-,62-,63-,64-,65-,66-,67-,68-,69-,70-,71-/m0/s1. The Labute approximate surface area is 754 Å². The lowest BCUT2D eigenvalue weighted by molar-refractivity contribution is -0.149. The van der Waals surface area contributed by atoms with Crippen molar-refractivity contribution < 1.29 is 102 Å². The number of aromatic amines is 3. The molecule has 15 atom stereocenters. The highest BCUT2D eigenvalue weighted by Gasteiger charge is 2.47. The summed E-state index contributed by atoms with van der Waals surface area (Å²) in [4.78, 5) is 266. The molecule has 3 aromatic heterocycles. The molecule has 3 aromatic carbocycles. The van der Waals surface area contributed by atoms with Gasteiger partial charge in [0.2, 0.25) is 88.6 Å². The zero-order valence-electron chi connectivity index (χ0n) is 73.8. The fourth-order valence-corrected chi connectivity index (χ4v) is 17.1. The Morgan fingerprint density at radius 2 is 1.16 bits per heavy atom. The van der Waals surface area contributed by atoms with Gasteiger partial charge in [0.1, 0.15) is 78.3 Å². The number of carboxylic acids is 1. The average Bonchev–Trinajstić information content (AvgIpc) is 1.65. The van der Waals surface area contributed by atoms with Gasteiger partial charge >= 0.3 is 5.97 Å². The number of phenolic OH excluding ortho intramolecular Hbond substituents is 1. The highest BCUT2D eigenvalue weighted by molar-refractivity contribution is 8.00. The van der Waals surface area contributed by atoms with Crippen LogP contribution < -0.4 is 59.3 Å². The lowest BCUT2D eigenvalue weighted by Crippen LogP contribution is -2.60. The van der Waals surface area contributed by atoms with Gasteiger partial charge < -0.3 is 119 Å². The third kappa shape index (κ3) is 27.1. The average molecular weight is 1830 g/mol. The van der Waals surface area contributed by atoms with Crippen LogP contribution in [0.3, 0.4) is 0 Å². The van der Waals surface area contributed by atoms with E-state index in [-0.39, 0.29) is 94.5 Å². The number of likely N-dealkylation sites (N-methyl/N-ethyl adjacent to an activating group) is 3. The second-order valence-electron chi connectivity index (χ2n) is 33.2. The third-order valence-corrected chi connectivity index (χ3v) is 24.8. The summed E-state index contributed by atoms with van der Waals surface area (Å²) in [5.41, 5.74) is 14.3. The number of aromatic hydroxyl groups is 1. The van der Waals surface area contributed by atoms with Gasteiger partial charge in [0.15, 0.2) is 5.78 Å². The number of aromatic nitrogens is 4. The van der Waals surface area contributed by atoms with Gasteiger partial charge in [-0.3, -0.25) is 81.5 Å². The van der Waals surface area contributed by atoms with Crippen molar-refractivity contribution >= 4 is 134 Å². The molecule has 3 saturated heterocycles. The molecule has 20 N–H and O–H groups in total. The van der Waals surface area contributed by atoms with Crippen LogP contribution in [0.2, 0.25) is 0 Å². The molecule has 0 saturated carbocycles. The first-order valence-corrected chi connectivity index (χ1v) is 44.8. The van der Waals surface area contributed by atoms with Crippen molar-refractivity contribution in [2.24, 2.45) is 17.4 Å². The molecule has 6 heterocycles. The van der Waals surface area contributed by atoms with E-state index in [0.29, 0.717) is 64.2 Å². The van der Waals surface area contributed by atoms with E-state index >= 15 is 28.8 Å². The zero-order valence-corrected chi connectivity index (χ0v) is 74.7. The fourth-order valence-electron chi connectivity index (χ4n) is 16.3. The van der Waals surface area contributed by atoms with Gasteiger partial charge in [-0.05, 0) is 106 Å². The van der Waals surface area contributed by atoms with Gasteiger partial charge in [0.25, 0.3) is 0 Å². The van der Waals surface area contributed by atoms with E-state index in [9.17, 15) is 73.2 Å². The summed E-state index contributed by atoms with van der Waals surface area (Å²) in [5, 5.41) is 67.8. The molecule has 0 unspecified atom stereocenters. The number of benzene rings is 3. The molecule has 15 amide bonds. The Kier molecular flexibility index (Phi) is 37.3. The number of hydrogen-bond donors (Lipinski definition) is 18. The number of para-hydroxylation sites is 2. The molecule has 0 radical (unpaired) electrons. The van der Waals surface area contributed by atoms with E-state index in [1.165, 1.54) is 76.7 Å². The van der Waals surface area contributed by atoms with Gasteiger partial charge in [-0.2, -0.15) is 0 Å². The molecule has 0 bridgehead atoms. The first-order chi connectivity index (χ1) is 62.0. The van der Waals surface area contributed by atoms with Gasteiger partial charge in [-0.25, -0.2) is 4.98 Å². The van der Waals surface area contributed by atoms with Crippen LogP contribution in [0.25, 0.3) is 21.8 Å². The summed E-state index contributed by atoms with van der Waals surface area (Å²) in [6.07, 6.45) is 3.04. The topological polar surface area (TPSA) is 608 Å². The quantitative estimate of drug-likeness (QED) is 0.0337. The number of aliphatic hydroxyl groups excluding tert-OH is 2. The van der Waals surface area contributed by atoms with Crippen molar-refractivity contribution in [1.29, 1.82) is 0 Å². The summed E-state index contributed by atoms with van der Waals surface area (Å²) < 4.78 is 0. The lowest BCUT2D eigenvalue weighted by atomic mass is 9.90. The maximum absolute atomic E-state index is 15.6. The maximum Gasteiger partial charge on any atom is 0.305 e. The van der Waals surface area contributed by atoms with Crippen molar-refractivity contribution in [3.63, 3.8) is 0 Å². The largest absolute Gasteiger partial charge is 0.508 e. The summed E-state index contributed by atoms with van der Waals surface area (Å²) in [6, 6.07) is -0.300. The number of carbonyl (C=O) groups excluding carboxylic acids is 16. The number of ketones is 1. The lowest BCUT2D eigenvalue weighted by Gasteiger charge is -2.36. The maximum atomic E-state index is 15.6. The summed E-state index contributed by atoms with van der Waals surface area (Å²) in [7, 11) is 3.97. The fraction of sp³-hybridized carbons (Fsp3) is 0.523. The molecule has 41 nitrogen and oxygen atoms in total. The Hall–Kier alpha value is -12.8. The van der Waals surface area contributed by atoms with E-state index in [2.05, 4.69) is 67.8 Å². The number of nitrogens with two attached hydrogens (primary N) is 2. The minimum atomic E-state index is -2.02. The second-order valence-corrected chi connectivity index (χ2v) is 34.2. The van der Waals surface area contributed by atoms with E-state index in [0.717, 1.165) is 31.4 Å². The molecule has 9 rings (SSSR count). The molecular weight excluding hydrogens is 1710 g/mol. The van der Waals surface area contributed by atoms with E-state index in [1.807, 2.05) is 13.8 Å². The number of carbonyl (C=O) groups is 17. The first kappa shape index (κ1) is 101. The van der Waals surface area contributed by atoms with Crippen LogP contribution in [0.1, 0.15) is 134 Å². The van der Waals surface area contributed by atoms with Gasteiger partial charge in [0, 0.05) is 124 Å². The Balaban J connectivity index is 1.08. The number of primary amides is 1. The molecule has 3 fully saturated rings. The van der Waals surface area contributed by atoms with Crippen molar-refractivity contribution in [1.82, 2.24) is 92.3 Å². The molecule has 3 aliphatic heterocycles. The van der Waals surface area contributed by atoms with Crippen molar-refractivity contribution in [3.05, 3.63) is 120 Å². The van der Waals surface area contributed by atoms with Gasteiger partial charge in [-0.1, -0.05) is 88.1 Å². The third-order valence-electron chi connectivity index (χ3n) is 23.7. The van der Waals surface area contributed by atoms with E-state index < -0.39 is 236 Å². The number of hydrogen-bond acceptors (Lipinski definition) is 23. The smallest absolute Gasteiger partial charge is 0.305 e. The molecular formula is C88H120N20O21S. The SMILES string of the molecule is CCCC[C@H]1C(=O)N(C)[C@@H](CCCC)C(=O)N[C@@H](C)C(=O)N[C@H](C(=O)NCC(N)=O)CSCC(=O)N[C@@H](Cc2ccc(O)cc2)C(=O)N(C)[C@@H](C)C(=O)N[C@@H](CCCN)C(=O)N2CCC[C@H]2C(=O)N[C@@H](Cc2cnc[nH]2)C(=O)N[C@@H](CC(=O)O)C(=O)N2C[C@H](O)C[C@H]2C(=O)C[C@@H](Cc2c[nH]c3ccccc23)C(=O)N[C@@H](CO)C(=O)N[C@@H](Cc2c[nH]c3ccccc23)C(=O)N1C. The Morgan fingerprint density at radius 3 is 1.78 bits per heavy atom. The highest BCUT2D eigenvalue weighted by Crippen LogP contribution is 2.30. The van der Waals surface area contributed by atoms with Crippen LogP contribution in [-0.2, 0) is 107 Å². The number of carboxylic acid groups (broad SMARTS) is 1. The monoisotopic (exact) mass is 1820 g/mol. The predicted molar refractivity (Wildman–Crippen MR) is 475 cm³/mol.